The molecule has 0 amide bonds. The SMILES string of the molecule is CC(=O)c1c(C)[nH]c(C=O)c1C1CCOCC1. The number of ketones is 1. The first kappa shape index (κ1) is 12.0. The highest BCUT2D eigenvalue weighted by atomic mass is 16.5. The van der Waals surface area contributed by atoms with Crippen molar-refractivity contribution in [2.75, 3.05) is 13.2 Å². The second-order valence-corrected chi connectivity index (χ2v) is 4.51. The second-order valence-electron chi connectivity index (χ2n) is 4.51. The number of aldehydes is 1. The van der Waals surface area contributed by atoms with E-state index in [1.54, 1.807) is 6.92 Å². The molecule has 2 heterocycles. The van der Waals surface area contributed by atoms with Gasteiger partial charge in [0.15, 0.2) is 12.1 Å². The zero-order chi connectivity index (χ0) is 12.4. The summed E-state index contributed by atoms with van der Waals surface area (Å²) in [6, 6.07) is 0. The van der Waals surface area contributed by atoms with Crippen LogP contribution in [0.2, 0.25) is 0 Å². The predicted octanol–water partition coefficient (Wildman–Crippen LogP) is 2.23. The van der Waals surface area contributed by atoms with Gasteiger partial charge in [-0.3, -0.25) is 9.59 Å². The molecule has 0 aromatic carbocycles. The van der Waals surface area contributed by atoms with Crippen LogP contribution in [-0.4, -0.2) is 30.3 Å². The summed E-state index contributed by atoms with van der Waals surface area (Å²) in [6.07, 6.45) is 2.56. The van der Waals surface area contributed by atoms with E-state index in [2.05, 4.69) is 4.98 Å². The van der Waals surface area contributed by atoms with Crippen molar-refractivity contribution in [2.45, 2.75) is 32.6 Å². The number of ether oxygens (including phenoxy) is 1. The van der Waals surface area contributed by atoms with Gasteiger partial charge < -0.3 is 9.72 Å². The highest BCUT2D eigenvalue weighted by Gasteiger charge is 2.26. The Bertz CT molecular complexity index is 442. The van der Waals surface area contributed by atoms with E-state index in [1.165, 1.54) is 0 Å². The summed E-state index contributed by atoms with van der Waals surface area (Å²) >= 11 is 0. The summed E-state index contributed by atoms with van der Waals surface area (Å²) in [4.78, 5) is 25.8. The largest absolute Gasteiger partial charge is 0.381 e. The third-order valence-electron chi connectivity index (χ3n) is 3.36. The van der Waals surface area contributed by atoms with Crippen LogP contribution in [0.4, 0.5) is 0 Å². The monoisotopic (exact) mass is 235 g/mol. The van der Waals surface area contributed by atoms with Gasteiger partial charge in [0.1, 0.15) is 0 Å². The fraction of sp³-hybridized carbons (Fsp3) is 0.538. The van der Waals surface area contributed by atoms with Gasteiger partial charge in [0.2, 0.25) is 0 Å². The Hall–Kier alpha value is -1.42. The Kier molecular flexibility index (Phi) is 3.43. The van der Waals surface area contributed by atoms with Crippen molar-refractivity contribution in [2.24, 2.45) is 0 Å². The number of carbonyl (C=O) groups is 2. The number of rotatable bonds is 3. The van der Waals surface area contributed by atoms with E-state index in [9.17, 15) is 9.59 Å². The van der Waals surface area contributed by atoms with Crippen LogP contribution in [0.3, 0.4) is 0 Å². The van der Waals surface area contributed by atoms with E-state index in [4.69, 9.17) is 4.74 Å². The Morgan fingerprint density at radius 1 is 1.41 bits per heavy atom. The van der Waals surface area contributed by atoms with Gasteiger partial charge in [-0.15, -0.1) is 0 Å². The molecule has 1 N–H and O–H groups in total. The first-order chi connectivity index (χ1) is 8.15. The molecule has 4 heteroatoms. The van der Waals surface area contributed by atoms with Crippen molar-refractivity contribution >= 4 is 12.1 Å². The molecule has 1 saturated heterocycles. The van der Waals surface area contributed by atoms with Gasteiger partial charge in [0.25, 0.3) is 0 Å². The van der Waals surface area contributed by atoms with Crippen LogP contribution in [0, 0.1) is 6.92 Å². The highest BCUT2D eigenvalue weighted by molar-refractivity contribution is 5.99. The minimum absolute atomic E-state index is 0.0216. The molecule has 1 aromatic heterocycles. The van der Waals surface area contributed by atoms with Gasteiger partial charge in [0.05, 0.1) is 5.69 Å². The lowest BCUT2D eigenvalue weighted by Gasteiger charge is -2.23. The van der Waals surface area contributed by atoms with Gasteiger partial charge in [-0.2, -0.15) is 0 Å². The lowest BCUT2D eigenvalue weighted by atomic mass is 9.87. The van der Waals surface area contributed by atoms with Gasteiger partial charge >= 0.3 is 0 Å². The molecular formula is C13H17NO3. The molecule has 0 saturated carbocycles. The zero-order valence-corrected chi connectivity index (χ0v) is 10.2. The third-order valence-corrected chi connectivity index (χ3v) is 3.36. The maximum Gasteiger partial charge on any atom is 0.166 e. The summed E-state index contributed by atoms with van der Waals surface area (Å²) in [5.41, 5.74) is 2.94. The molecule has 0 aliphatic carbocycles. The van der Waals surface area contributed by atoms with Gasteiger partial charge in [-0.05, 0) is 38.2 Å². The molecule has 1 aliphatic rings. The molecule has 17 heavy (non-hydrogen) atoms. The van der Waals surface area contributed by atoms with E-state index in [-0.39, 0.29) is 11.7 Å². The number of aromatic amines is 1. The number of H-pyrrole nitrogens is 1. The van der Waals surface area contributed by atoms with Crippen LogP contribution in [0.5, 0.6) is 0 Å². The van der Waals surface area contributed by atoms with Gasteiger partial charge in [-0.25, -0.2) is 0 Å². The Morgan fingerprint density at radius 2 is 2.06 bits per heavy atom. The number of hydrogen-bond donors (Lipinski definition) is 1. The summed E-state index contributed by atoms with van der Waals surface area (Å²) in [6.45, 7) is 4.79. The molecule has 0 radical (unpaired) electrons. The third kappa shape index (κ3) is 2.17. The Labute approximate surface area is 100 Å². The molecule has 1 aliphatic heterocycles. The molecule has 92 valence electrons. The average Bonchev–Trinajstić information content (AvgIpc) is 2.67. The van der Waals surface area contributed by atoms with E-state index in [0.29, 0.717) is 24.5 Å². The molecule has 1 aromatic rings. The fourth-order valence-corrected chi connectivity index (χ4v) is 2.63. The number of aryl methyl sites for hydroxylation is 1. The molecule has 1 fully saturated rings. The van der Waals surface area contributed by atoms with Gasteiger partial charge in [0, 0.05) is 24.5 Å². The lowest BCUT2D eigenvalue weighted by molar-refractivity contribution is 0.0842. The average molecular weight is 235 g/mol. The van der Waals surface area contributed by atoms with E-state index in [1.807, 2.05) is 6.92 Å². The minimum Gasteiger partial charge on any atom is -0.381 e. The van der Waals surface area contributed by atoms with E-state index in [0.717, 1.165) is 30.4 Å². The number of hydrogen-bond acceptors (Lipinski definition) is 3. The van der Waals surface area contributed by atoms with Crippen molar-refractivity contribution in [3.05, 3.63) is 22.5 Å². The molecule has 2 rings (SSSR count). The van der Waals surface area contributed by atoms with Crippen LogP contribution >= 0.6 is 0 Å². The summed E-state index contributed by atoms with van der Waals surface area (Å²) in [5, 5.41) is 0. The number of aromatic nitrogens is 1. The van der Waals surface area contributed by atoms with Crippen molar-refractivity contribution < 1.29 is 14.3 Å². The van der Waals surface area contributed by atoms with Crippen LogP contribution in [0.15, 0.2) is 0 Å². The summed E-state index contributed by atoms with van der Waals surface area (Å²) in [5.74, 6) is 0.279. The van der Waals surface area contributed by atoms with Crippen molar-refractivity contribution in [3.8, 4) is 0 Å². The summed E-state index contributed by atoms with van der Waals surface area (Å²) < 4.78 is 5.32. The zero-order valence-electron chi connectivity index (χ0n) is 10.2. The Balaban J connectivity index is 2.48. The quantitative estimate of drug-likeness (QED) is 0.645. The van der Waals surface area contributed by atoms with Crippen LogP contribution < -0.4 is 0 Å². The van der Waals surface area contributed by atoms with E-state index >= 15 is 0 Å². The van der Waals surface area contributed by atoms with Crippen molar-refractivity contribution in [3.63, 3.8) is 0 Å². The highest BCUT2D eigenvalue weighted by Crippen LogP contribution is 2.33. The van der Waals surface area contributed by atoms with Crippen molar-refractivity contribution in [1.82, 2.24) is 4.98 Å². The normalized spacial score (nSPS) is 17.1. The Morgan fingerprint density at radius 3 is 2.59 bits per heavy atom. The minimum atomic E-state index is 0.0216. The molecule has 4 nitrogen and oxygen atoms in total. The van der Waals surface area contributed by atoms with E-state index < -0.39 is 0 Å². The number of Topliss-reactive ketones (excluding diaryl/α,β-unsaturated/α-hetero) is 1. The topological polar surface area (TPSA) is 59.2 Å². The van der Waals surface area contributed by atoms with Crippen molar-refractivity contribution in [1.29, 1.82) is 0 Å². The molecule has 0 spiro atoms. The standard InChI is InChI=1S/C13H17NO3/c1-8-12(9(2)16)13(11(7-15)14-8)10-3-5-17-6-4-10/h7,10,14H,3-6H2,1-2H3. The maximum absolute atomic E-state index is 11.7. The van der Waals surface area contributed by atoms with Crippen LogP contribution in [0.25, 0.3) is 0 Å². The molecular weight excluding hydrogens is 218 g/mol. The fourth-order valence-electron chi connectivity index (χ4n) is 2.63. The van der Waals surface area contributed by atoms with Crippen LogP contribution in [0.1, 0.15) is 57.8 Å². The molecule has 0 unspecified atom stereocenters. The van der Waals surface area contributed by atoms with Crippen LogP contribution in [-0.2, 0) is 4.74 Å². The second kappa shape index (κ2) is 4.84. The van der Waals surface area contributed by atoms with Gasteiger partial charge in [-0.1, -0.05) is 0 Å². The first-order valence-electron chi connectivity index (χ1n) is 5.91. The predicted molar refractivity (Wildman–Crippen MR) is 63.7 cm³/mol. The number of nitrogens with one attached hydrogen (secondary N) is 1. The molecule has 0 atom stereocenters. The number of carbonyl (C=O) groups excluding carboxylic acids is 2. The smallest absolute Gasteiger partial charge is 0.166 e. The molecule has 0 bridgehead atoms. The summed E-state index contributed by atoms with van der Waals surface area (Å²) in [7, 11) is 0. The lowest BCUT2D eigenvalue weighted by Crippen LogP contribution is -2.16. The first-order valence-corrected chi connectivity index (χ1v) is 5.91. The maximum atomic E-state index is 11.7.